The summed E-state index contributed by atoms with van der Waals surface area (Å²) in [5, 5.41) is 0. The molecule has 0 aromatic carbocycles. The van der Waals surface area contributed by atoms with Gasteiger partial charge >= 0.3 is 0 Å². The lowest BCUT2D eigenvalue weighted by Gasteiger charge is -2.29. The zero-order valence-corrected chi connectivity index (χ0v) is 9.07. The Morgan fingerprint density at radius 3 is 3.07 bits per heavy atom. The van der Waals surface area contributed by atoms with Crippen LogP contribution in [-0.4, -0.2) is 36.7 Å². The summed E-state index contributed by atoms with van der Waals surface area (Å²) >= 11 is 0. The predicted molar refractivity (Wildman–Crippen MR) is 57.8 cm³/mol. The van der Waals surface area contributed by atoms with Crippen molar-refractivity contribution < 1.29 is 4.74 Å². The van der Waals surface area contributed by atoms with Crippen molar-refractivity contribution in [2.24, 2.45) is 0 Å². The van der Waals surface area contributed by atoms with Crippen molar-refractivity contribution in [2.45, 2.75) is 18.9 Å². The molecule has 3 heterocycles. The Morgan fingerprint density at radius 2 is 2.33 bits per heavy atom. The van der Waals surface area contributed by atoms with Gasteiger partial charge in [0.2, 0.25) is 0 Å². The molecule has 1 fully saturated rings. The summed E-state index contributed by atoms with van der Waals surface area (Å²) < 4.78 is 5.22. The molecule has 1 aromatic rings. The Morgan fingerprint density at radius 1 is 1.47 bits per heavy atom. The minimum atomic E-state index is 0.593. The van der Waals surface area contributed by atoms with Crippen LogP contribution in [0, 0.1) is 0 Å². The average molecular weight is 204 g/mol. The fourth-order valence-electron chi connectivity index (χ4n) is 2.24. The maximum atomic E-state index is 5.22. The number of pyridine rings is 1. The van der Waals surface area contributed by atoms with Crippen LogP contribution in [0.1, 0.15) is 22.7 Å². The monoisotopic (exact) mass is 204 g/mol. The van der Waals surface area contributed by atoms with E-state index in [1.54, 1.807) is 0 Å². The summed E-state index contributed by atoms with van der Waals surface area (Å²) in [5.74, 6) is 0.593. The first kappa shape index (κ1) is 9.31. The van der Waals surface area contributed by atoms with Crippen LogP contribution in [0.2, 0.25) is 0 Å². The van der Waals surface area contributed by atoms with Crippen LogP contribution in [0.4, 0.5) is 0 Å². The van der Waals surface area contributed by atoms with E-state index < -0.39 is 0 Å². The summed E-state index contributed by atoms with van der Waals surface area (Å²) in [7, 11) is 2.17. The zero-order chi connectivity index (χ0) is 10.3. The number of rotatable bonds is 1. The predicted octanol–water partition coefficient (Wildman–Crippen LogP) is 1.18. The Hall–Kier alpha value is -0.930. The quantitative estimate of drug-likeness (QED) is 0.687. The molecule has 0 unspecified atom stereocenters. The lowest BCUT2D eigenvalue weighted by molar-refractivity contribution is 0.00821. The maximum absolute atomic E-state index is 5.22. The van der Waals surface area contributed by atoms with Crippen LogP contribution in [-0.2, 0) is 17.7 Å². The number of fused-ring (bicyclic) bond motifs is 1. The van der Waals surface area contributed by atoms with Crippen LogP contribution in [0.3, 0.4) is 0 Å². The fraction of sp³-hybridized carbons (Fsp3) is 0.583. The van der Waals surface area contributed by atoms with Gasteiger partial charge < -0.3 is 9.64 Å². The lowest BCUT2D eigenvalue weighted by Crippen LogP contribution is -2.29. The van der Waals surface area contributed by atoms with Gasteiger partial charge in [0.15, 0.2) is 0 Å². The molecular weight excluding hydrogens is 188 g/mol. The largest absolute Gasteiger partial charge is 0.380 e. The van der Waals surface area contributed by atoms with Crippen LogP contribution in [0.25, 0.3) is 0 Å². The summed E-state index contributed by atoms with van der Waals surface area (Å²) in [5.41, 5.74) is 4.06. The van der Waals surface area contributed by atoms with Crippen LogP contribution in [0.5, 0.6) is 0 Å². The van der Waals surface area contributed by atoms with Crippen molar-refractivity contribution in [1.82, 2.24) is 9.88 Å². The molecule has 80 valence electrons. The van der Waals surface area contributed by atoms with Gasteiger partial charge in [0, 0.05) is 37.3 Å². The number of nitrogens with zero attached hydrogens (tertiary/aromatic N) is 2. The first-order valence-corrected chi connectivity index (χ1v) is 5.57. The highest BCUT2D eigenvalue weighted by molar-refractivity contribution is 5.30. The molecule has 0 bridgehead atoms. The zero-order valence-electron chi connectivity index (χ0n) is 9.07. The molecule has 3 heteroatoms. The second-order valence-corrected chi connectivity index (χ2v) is 4.60. The molecule has 1 saturated heterocycles. The van der Waals surface area contributed by atoms with Gasteiger partial charge in [-0.3, -0.25) is 4.98 Å². The summed E-state index contributed by atoms with van der Waals surface area (Å²) in [4.78, 5) is 6.93. The Bertz CT molecular complexity index is 374. The van der Waals surface area contributed by atoms with Gasteiger partial charge in [0.25, 0.3) is 0 Å². The Labute approximate surface area is 90.1 Å². The molecule has 3 nitrogen and oxygen atoms in total. The molecule has 0 saturated carbocycles. The molecule has 0 spiro atoms. The number of likely N-dealkylation sites (N-methyl/N-ethyl adjacent to an activating group) is 1. The van der Waals surface area contributed by atoms with E-state index >= 15 is 0 Å². The van der Waals surface area contributed by atoms with Crippen molar-refractivity contribution >= 4 is 0 Å². The van der Waals surface area contributed by atoms with Gasteiger partial charge in [0.1, 0.15) is 0 Å². The number of hydrogen-bond donors (Lipinski definition) is 0. The molecule has 15 heavy (non-hydrogen) atoms. The third-order valence-electron chi connectivity index (χ3n) is 3.36. The van der Waals surface area contributed by atoms with Crippen LogP contribution in [0.15, 0.2) is 12.3 Å². The molecule has 0 aliphatic carbocycles. The highest BCUT2D eigenvalue weighted by atomic mass is 16.5. The van der Waals surface area contributed by atoms with Crippen LogP contribution >= 0.6 is 0 Å². The molecule has 2 aliphatic heterocycles. The van der Waals surface area contributed by atoms with E-state index in [9.17, 15) is 0 Å². The summed E-state index contributed by atoms with van der Waals surface area (Å²) in [6.45, 7) is 3.92. The van der Waals surface area contributed by atoms with E-state index in [-0.39, 0.29) is 0 Å². The van der Waals surface area contributed by atoms with Crippen molar-refractivity contribution in [2.75, 3.05) is 26.8 Å². The van der Waals surface area contributed by atoms with Crippen molar-refractivity contribution in [3.8, 4) is 0 Å². The van der Waals surface area contributed by atoms with Crippen molar-refractivity contribution in [3.05, 3.63) is 29.1 Å². The smallest absolute Gasteiger partial charge is 0.0557 e. The molecule has 0 amide bonds. The standard InChI is InChI=1S/C12H16N2O/c1-14-3-2-12-10(6-14)4-9(5-13-12)11-7-15-8-11/h4-5,11H,2-3,6-8H2,1H3. The second kappa shape index (κ2) is 3.58. The highest BCUT2D eigenvalue weighted by Crippen LogP contribution is 2.26. The average Bonchev–Trinajstić information content (AvgIpc) is 2.14. The van der Waals surface area contributed by atoms with E-state index in [1.807, 2.05) is 6.20 Å². The topological polar surface area (TPSA) is 25.4 Å². The van der Waals surface area contributed by atoms with E-state index in [2.05, 4.69) is 23.0 Å². The Kier molecular flexibility index (Phi) is 2.22. The number of aromatic nitrogens is 1. The Balaban J connectivity index is 1.90. The van der Waals surface area contributed by atoms with E-state index in [1.165, 1.54) is 16.8 Å². The first-order chi connectivity index (χ1) is 7.33. The SMILES string of the molecule is CN1CCc2ncc(C3COC3)cc2C1. The van der Waals surface area contributed by atoms with Gasteiger partial charge in [0.05, 0.1) is 13.2 Å². The van der Waals surface area contributed by atoms with Crippen LogP contribution < -0.4 is 0 Å². The highest BCUT2D eigenvalue weighted by Gasteiger charge is 2.23. The van der Waals surface area contributed by atoms with E-state index in [0.29, 0.717) is 5.92 Å². The van der Waals surface area contributed by atoms with Crippen molar-refractivity contribution in [3.63, 3.8) is 0 Å². The third-order valence-corrected chi connectivity index (χ3v) is 3.36. The van der Waals surface area contributed by atoms with Gasteiger partial charge in [-0.15, -0.1) is 0 Å². The normalized spacial score (nSPS) is 22.2. The lowest BCUT2D eigenvalue weighted by atomic mass is 9.95. The third kappa shape index (κ3) is 1.66. The summed E-state index contributed by atoms with van der Waals surface area (Å²) in [6, 6.07) is 2.32. The molecular formula is C12H16N2O. The van der Waals surface area contributed by atoms with E-state index in [4.69, 9.17) is 4.74 Å². The minimum Gasteiger partial charge on any atom is -0.380 e. The van der Waals surface area contributed by atoms with Crippen molar-refractivity contribution in [1.29, 1.82) is 0 Å². The second-order valence-electron chi connectivity index (χ2n) is 4.60. The van der Waals surface area contributed by atoms with Gasteiger partial charge in [-0.2, -0.15) is 0 Å². The van der Waals surface area contributed by atoms with Gasteiger partial charge in [-0.05, 0) is 18.2 Å². The fourth-order valence-corrected chi connectivity index (χ4v) is 2.24. The minimum absolute atomic E-state index is 0.593. The first-order valence-electron chi connectivity index (χ1n) is 5.57. The molecule has 2 aliphatic rings. The number of ether oxygens (including phenoxy) is 1. The molecule has 0 atom stereocenters. The molecule has 3 rings (SSSR count). The summed E-state index contributed by atoms with van der Waals surface area (Å²) in [6.07, 6.45) is 3.13. The van der Waals surface area contributed by atoms with Gasteiger partial charge in [-0.1, -0.05) is 6.07 Å². The molecule has 0 N–H and O–H groups in total. The van der Waals surface area contributed by atoms with Gasteiger partial charge in [-0.25, -0.2) is 0 Å². The molecule has 0 radical (unpaired) electrons. The van der Waals surface area contributed by atoms with E-state index in [0.717, 1.165) is 32.7 Å². The number of hydrogen-bond acceptors (Lipinski definition) is 3. The molecule has 1 aromatic heterocycles. The maximum Gasteiger partial charge on any atom is 0.0557 e.